The van der Waals surface area contributed by atoms with E-state index in [1.54, 1.807) is 12.1 Å². The summed E-state index contributed by atoms with van der Waals surface area (Å²) in [6.07, 6.45) is 0. The van der Waals surface area contributed by atoms with Crippen LogP contribution in [0.5, 0.6) is 0 Å². The SMILES string of the molecule is N#CC(C#N)=C([S-])[S-].[Cu+2]. The summed E-state index contributed by atoms with van der Waals surface area (Å²) in [6.45, 7) is 0. The second-order valence-electron chi connectivity index (χ2n) is 0.886. The van der Waals surface area contributed by atoms with Gasteiger partial charge in [-0.1, -0.05) is 0 Å². The fourth-order valence-corrected chi connectivity index (χ4v) is 0.299. The number of hydrogen-bond acceptors (Lipinski definition) is 4. The largest absolute Gasteiger partial charge is 2.00 e. The molecule has 0 aromatic heterocycles. The van der Waals surface area contributed by atoms with E-state index in [1.807, 2.05) is 0 Å². The molecular formula is C4CuN2S2. The summed E-state index contributed by atoms with van der Waals surface area (Å²) < 4.78 is -0.0602. The van der Waals surface area contributed by atoms with Crippen molar-refractivity contribution in [3.63, 3.8) is 0 Å². The molecule has 0 aliphatic heterocycles. The van der Waals surface area contributed by atoms with Crippen LogP contribution in [0.15, 0.2) is 9.81 Å². The fraction of sp³-hybridized carbons (Fsp3) is 0. The van der Waals surface area contributed by atoms with Crippen molar-refractivity contribution in [1.29, 1.82) is 10.5 Å². The third-order valence-corrected chi connectivity index (χ3v) is 0.836. The van der Waals surface area contributed by atoms with Crippen molar-refractivity contribution in [1.82, 2.24) is 0 Å². The molecule has 0 aliphatic rings. The van der Waals surface area contributed by atoms with Crippen LogP contribution in [0.2, 0.25) is 0 Å². The number of nitriles is 2. The molecule has 0 spiro atoms. The van der Waals surface area contributed by atoms with Gasteiger partial charge >= 0.3 is 17.1 Å². The van der Waals surface area contributed by atoms with E-state index in [0.29, 0.717) is 0 Å². The van der Waals surface area contributed by atoms with Gasteiger partial charge in [-0.25, -0.2) is 0 Å². The Bertz CT molecular complexity index is 178. The summed E-state index contributed by atoms with van der Waals surface area (Å²) in [7, 11) is 0. The Hall–Kier alpha value is -0.321. The first-order chi connectivity index (χ1) is 3.72. The molecule has 0 fully saturated rings. The zero-order valence-corrected chi connectivity index (χ0v) is 6.59. The predicted molar refractivity (Wildman–Crippen MR) is 33.0 cm³/mol. The Morgan fingerprint density at radius 1 is 1.11 bits per heavy atom. The van der Waals surface area contributed by atoms with Crippen molar-refractivity contribution >= 4 is 25.3 Å². The van der Waals surface area contributed by atoms with E-state index in [-0.39, 0.29) is 26.9 Å². The van der Waals surface area contributed by atoms with Crippen LogP contribution in [-0.4, -0.2) is 0 Å². The van der Waals surface area contributed by atoms with E-state index in [0.717, 1.165) is 0 Å². The molecule has 5 heteroatoms. The van der Waals surface area contributed by atoms with Crippen LogP contribution < -0.4 is 0 Å². The molecule has 2 nitrogen and oxygen atoms in total. The quantitative estimate of drug-likeness (QED) is 0.324. The first-order valence-electron chi connectivity index (χ1n) is 1.61. The molecule has 0 heterocycles. The molecule has 1 radical (unpaired) electrons. The van der Waals surface area contributed by atoms with E-state index in [2.05, 4.69) is 25.3 Å². The number of rotatable bonds is 0. The van der Waals surface area contributed by atoms with E-state index in [1.165, 1.54) is 0 Å². The topological polar surface area (TPSA) is 47.6 Å². The Morgan fingerprint density at radius 3 is 1.44 bits per heavy atom. The maximum atomic E-state index is 8.03. The van der Waals surface area contributed by atoms with Gasteiger partial charge in [0.15, 0.2) is 0 Å². The van der Waals surface area contributed by atoms with Crippen molar-refractivity contribution in [2.75, 3.05) is 0 Å². The zero-order chi connectivity index (χ0) is 6.57. The number of allylic oxidation sites excluding steroid dienone is 1. The molecule has 0 unspecified atom stereocenters. The number of nitrogens with zero attached hydrogens (tertiary/aromatic N) is 2. The summed E-state index contributed by atoms with van der Waals surface area (Å²) >= 11 is 8.70. The van der Waals surface area contributed by atoms with Crippen molar-refractivity contribution in [3.05, 3.63) is 9.81 Å². The smallest absolute Gasteiger partial charge is 0.805 e. The molecule has 0 aliphatic carbocycles. The molecule has 9 heavy (non-hydrogen) atoms. The summed E-state index contributed by atoms with van der Waals surface area (Å²) in [5.74, 6) is 0. The van der Waals surface area contributed by atoms with Gasteiger partial charge in [-0.15, -0.1) is 0 Å². The average Bonchev–Trinajstić information content (AvgIpc) is 1.69. The van der Waals surface area contributed by atoms with Crippen LogP contribution in [0.3, 0.4) is 0 Å². The molecule has 0 aromatic rings. The molecule has 0 bridgehead atoms. The third-order valence-electron chi connectivity index (χ3n) is 0.428. The van der Waals surface area contributed by atoms with Crippen LogP contribution in [-0.2, 0) is 42.3 Å². The molecule has 0 aromatic carbocycles. The molecule has 49 valence electrons. The Balaban J connectivity index is 0. The number of hydrogen-bond donors (Lipinski definition) is 0. The minimum atomic E-state index is -0.157. The van der Waals surface area contributed by atoms with Gasteiger partial charge in [0.2, 0.25) is 0 Å². The monoisotopic (exact) mass is 203 g/mol. The van der Waals surface area contributed by atoms with Gasteiger partial charge in [-0.3, -0.25) is 0 Å². The summed E-state index contributed by atoms with van der Waals surface area (Å²) in [6, 6.07) is 3.12. The van der Waals surface area contributed by atoms with E-state index in [9.17, 15) is 0 Å². The zero-order valence-electron chi connectivity index (χ0n) is 4.01. The molecule has 0 saturated heterocycles. The second kappa shape index (κ2) is 5.81. The Kier molecular flexibility index (Phi) is 7.41. The molecule has 0 N–H and O–H groups in total. The minimum Gasteiger partial charge on any atom is -0.805 e. The summed E-state index contributed by atoms with van der Waals surface area (Å²) in [5.41, 5.74) is -0.157. The van der Waals surface area contributed by atoms with E-state index >= 15 is 0 Å². The normalized spacial score (nSPS) is 5.56. The third kappa shape index (κ3) is 4.20. The maximum absolute atomic E-state index is 8.03. The minimum absolute atomic E-state index is 0. The average molecular weight is 204 g/mol. The second-order valence-corrected chi connectivity index (χ2v) is 1.96. The molecule has 0 saturated carbocycles. The van der Waals surface area contributed by atoms with E-state index in [4.69, 9.17) is 10.5 Å². The molecule has 0 amide bonds. The van der Waals surface area contributed by atoms with Gasteiger partial charge in [-0.2, -0.15) is 10.5 Å². The Labute approximate surface area is 74.8 Å². The summed E-state index contributed by atoms with van der Waals surface area (Å²) in [5, 5.41) is 16.1. The van der Waals surface area contributed by atoms with Crippen molar-refractivity contribution in [3.8, 4) is 12.1 Å². The predicted octanol–water partition coefficient (Wildman–Crippen LogP) is 0.336. The molecule has 0 rings (SSSR count). The molecule has 0 atom stereocenters. The van der Waals surface area contributed by atoms with Crippen molar-refractivity contribution in [2.45, 2.75) is 0 Å². The maximum Gasteiger partial charge on any atom is 2.00 e. The van der Waals surface area contributed by atoms with Crippen LogP contribution in [0.1, 0.15) is 0 Å². The van der Waals surface area contributed by atoms with Crippen LogP contribution in [0.4, 0.5) is 0 Å². The van der Waals surface area contributed by atoms with Gasteiger partial charge in [0.25, 0.3) is 0 Å². The van der Waals surface area contributed by atoms with Crippen molar-refractivity contribution in [2.24, 2.45) is 0 Å². The Morgan fingerprint density at radius 2 is 1.44 bits per heavy atom. The van der Waals surface area contributed by atoms with Gasteiger partial charge < -0.3 is 29.5 Å². The standard InChI is InChI=1S/C4H2N2S2.Cu/c5-1-3(2-6)4(7)8;/h7-8H;/q;+2/p-2. The van der Waals surface area contributed by atoms with Gasteiger partial charge in [0.1, 0.15) is 12.1 Å². The molecular weight excluding hydrogens is 204 g/mol. The fourth-order valence-electron chi connectivity index (χ4n) is 0.116. The van der Waals surface area contributed by atoms with Crippen molar-refractivity contribution < 1.29 is 17.1 Å². The van der Waals surface area contributed by atoms with Gasteiger partial charge in [-0.05, 0) is 0 Å². The summed E-state index contributed by atoms with van der Waals surface area (Å²) in [4.78, 5) is 0. The first kappa shape index (κ1) is 11.5. The van der Waals surface area contributed by atoms with Gasteiger partial charge in [0.05, 0.1) is 5.57 Å². The first-order valence-corrected chi connectivity index (χ1v) is 2.42. The van der Waals surface area contributed by atoms with Gasteiger partial charge in [0, 0.05) is 0 Å². The van der Waals surface area contributed by atoms with Crippen LogP contribution >= 0.6 is 0 Å². The van der Waals surface area contributed by atoms with Crippen LogP contribution in [0, 0.1) is 22.7 Å². The van der Waals surface area contributed by atoms with Crippen LogP contribution in [0.25, 0.3) is 0 Å². The van der Waals surface area contributed by atoms with E-state index < -0.39 is 0 Å².